The first-order valence-electron chi connectivity index (χ1n) is 16.6. The highest BCUT2D eigenvalue weighted by Gasteiger charge is 2.66. The zero-order chi connectivity index (χ0) is 37.4. The van der Waals surface area contributed by atoms with Crippen LogP contribution in [0.5, 0.6) is 0 Å². The molecule has 2 saturated carbocycles. The molecule has 4 aromatic heterocycles. The highest BCUT2D eigenvalue weighted by atomic mass is 19.4. The minimum atomic E-state index is -4.49. The van der Waals surface area contributed by atoms with Gasteiger partial charge in [-0.1, -0.05) is 11.2 Å². The van der Waals surface area contributed by atoms with Gasteiger partial charge in [-0.15, -0.1) is 0 Å². The summed E-state index contributed by atoms with van der Waals surface area (Å²) in [7, 11) is 0. The molecule has 4 heterocycles. The van der Waals surface area contributed by atoms with Gasteiger partial charge in [0.2, 0.25) is 5.88 Å². The average Bonchev–Trinajstić information content (AvgIpc) is 3.89. The van der Waals surface area contributed by atoms with Crippen LogP contribution in [-0.4, -0.2) is 55.3 Å². The number of benzene rings is 1. The second-order valence-corrected chi connectivity index (χ2v) is 14.9. The van der Waals surface area contributed by atoms with E-state index in [4.69, 9.17) is 18.4 Å². The van der Waals surface area contributed by atoms with E-state index in [0.717, 1.165) is 23.8 Å². The number of ether oxygens (including phenoxy) is 2. The molecular formula is C35H36F3N7O7. The van der Waals surface area contributed by atoms with Gasteiger partial charge in [-0.3, -0.25) is 5.32 Å². The molecule has 2 N–H and O–H groups in total. The van der Waals surface area contributed by atoms with Gasteiger partial charge in [-0.25, -0.2) is 24.4 Å². The van der Waals surface area contributed by atoms with E-state index in [0.29, 0.717) is 27.5 Å². The van der Waals surface area contributed by atoms with Crippen molar-refractivity contribution in [3.05, 3.63) is 48.7 Å². The maximum atomic E-state index is 13.7. The van der Waals surface area contributed by atoms with Gasteiger partial charge < -0.3 is 28.3 Å². The number of carbonyl (C=O) groups excluding carboxylic acids is 3. The van der Waals surface area contributed by atoms with E-state index in [9.17, 15) is 27.6 Å². The number of furan rings is 1. The van der Waals surface area contributed by atoms with Crippen LogP contribution >= 0.6 is 0 Å². The molecular weight excluding hydrogens is 687 g/mol. The number of aromatic nitrogens is 4. The number of amides is 4. The number of rotatable bonds is 6. The van der Waals surface area contributed by atoms with Crippen LogP contribution in [0.3, 0.4) is 0 Å². The average molecular weight is 724 g/mol. The first-order valence-corrected chi connectivity index (χ1v) is 16.6. The summed E-state index contributed by atoms with van der Waals surface area (Å²) in [6, 6.07) is 5.37. The van der Waals surface area contributed by atoms with Crippen LogP contribution in [0.4, 0.5) is 44.9 Å². The van der Waals surface area contributed by atoms with Crippen molar-refractivity contribution in [3.63, 3.8) is 0 Å². The fraction of sp³-hybridized carbons (Fsp3) is 0.429. The van der Waals surface area contributed by atoms with Crippen LogP contribution in [0.25, 0.3) is 33.1 Å². The number of imide groups is 1. The van der Waals surface area contributed by atoms with E-state index in [1.54, 1.807) is 59.7 Å². The maximum absolute atomic E-state index is 13.7. The third-order valence-electron chi connectivity index (χ3n) is 8.58. The number of alkyl halides is 3. The first kappa shape index (κ1) is 34.8. The second kappa shape index (κ2) is 12.0. The molecule has 2 aliphatic carbocycles. The zero-order valence-electron chi connectivity index (χ0n) is 29.2. The third kappa shape index (κ3) is 6.50. The first-order chi connectivity index (χ1) is 24.3. The van der Waals surface area contributed by atoms with Gasteiger partial charge in [-0.2, -0.15) is 18.1 Å². The fourth-order valence-corrected chi connectivity index (χ4v) is 5.97. The van der Waals surface area contributed by atoms with Gasteiger partial charge >= 0.3 is 24.4 Å². The Morgan fingerprint density at radius 3 is 2.21 bits per heavy atom. The van der Waals surface area contributed by atoms with E-state index >= 15 is 0 Å². The Morgan fingerprint density at radius 1 is 0.942 bits per heavy atom. The molecule has 0 atom stereocenters. The second-order valence-electron chi connectivity index (χ2n) is 14.9. The molecule has 14 nitrogen and oxygen atoms in total. The molecule has 52 heavy (non-hydrogen) atoms. The molecule has 4 amide bonds. The Labute approximate surface area is 294 Å². The van der Waals surface area contributed by atoms with E-state index in [1.165, 1.54) is 12.6 Å². The molecule has 17 heteroatoms. The number of urea groups is 1. The van der Waals surface area contributed by atoms with Crippen LogP contribution in [0.1, 0.15) is 79.0 Å². The van der Waals surface area contributed by atoms with Crippen LogP contribution in [-0.2, 0) is 14.9 Å². The normalized spacial score (nSPS) is 15.8. The predicted octanol–water partition coefficient (Wildman–Crippen LogP) is 9.08. The van der Waals surface area contributed by atoms with Crippen LogP contribution in [0.15, 0.2) is 52.0 Å². The van der Waals surface area contributed by atoms with Crippen molar-refractivity contribution < 1.29 is 46.0 Å². The Morgan fingerprint density at radius 2 is 1.62 bits per heavy atom. The van der Waals surface area contributed by atoms with Crippen molar-refractivity contribution in [1.82, 2.24) is 19.7 Å². The number of hydrogen-bond acceptors (Lipinski definition) is 10. The largest absolute Gasteiger partial charge is 0.462 e. The van der Waals surface area contributed by atoms with Crippen molar-refractivity contribution in [2.45, 2.75) is 96.1 Å². The molecule has 0 aliphatic heterocycles. The Bertz CT molecular complexity index is 2190. The lowest BCUT2D eigenvalue weighted by Crippen LogP contribution is -2.44. The molecule has 0 radical (unpaired) electrons. The zero-order valence-corrected chi connectivity index (χ0v) is 29.2. The number of carbonyl (C=O) groups is 3. The van der Waals surface area contributed by atoms with Gasteiger partial charge in [0.1, 0.15) is 34.3 Å². The third-order valence-corrected chi connectivity index (χ3v) is 8.58. The Hall–Kier alpha value is -5.61. The monoisotopic (exact) mass is 723 g/mol. The van der Waals surface area contributed by atoms with Crippen molar-refractivity contribution >= 4 is 57.6 Å². The van der Waals surface area contributed by atoms with E-state index in [2.05, 4.69) is 25.8 Å². The van der Waals surface area contributed by atoms with Crippen molar-refractivity contribution in [3.8, 4) is 11.1 Å². The fourth-order valence-electron chi connectivity index (χ4n) is 5.97. The molecule has 274 valence electrons. The van der Waals surface area contributed by atoms with Gasteiger partial charge in [0.25, 0.3) is 0 Å². The van der Waals surface area contributed by atoms with Crippen molar-refractivity contribution in [2.24, 2.45) is 0 Å². The molecule has 2 aliphatic rings. The summed E-state index contributed by atoms with van der Waals surface area (Å²) in [6.45, 7) is 10.0. The lowest BCUT2D eigenvalue weighted by molar-refractivity contribution is -0.161. The number of halogens is 3. The maximum Gasteiger partial charge on any atom is 0.425 e. The van der Waals surface area contributed by atoms with E-state index < -0.39 is 41.0 Å². The molecule has 0 bridgehead atoms. The quantitative estimate of drug-likeness (QED) is 0.172. The topological polar surface area (TPSA) is 167 Å². The molecule has 2 fully saturated rings. The molecule has 0 spiro atoms. The molecule has 0 saturated heterocycles. The minimum Gasteiger partial charge on any atom is -0.462 e. The SMILES string of the molecule is CC(C)(C)OC(=O)N(C(=O)OC(C)(C)C)c1ncnc2c1c(-c1ccc(NC(=O)Nc3cc(C4(C(F)(F)F)CC4)no3)c3occc13)cn2C1CC1. The smallest absolute Gasteiger partial charge is 0.425 e. The number of fused-ring (bicyclic) bond motifs is 2. The van der Waals surface area contributed by atoms with Crippen LogP contribution in [0, 0.1) is 0 Å². The molecule has 5 aromatic rings. The molecule has 0 unspecified atom stereocenters. The summed E-state index contributed by atoms with van der Waals surface area (Å²) < 4.78 is 64.7. The summed E-state index contributed by atoms with van der Waals surface area (Å²) in [5.74, 6) is -0.304. The number of anilines is 3. The van der Waals surface area contributed by atoms with Crippen molar-refractivity contribution in [1.29, 1.82) is 0 Å². The van der Waals surface area contributed by atoms with Gasteiger partial charge in [0.15, 0.2) is 11.4 Å². The van der Waals surface area contributed by atoms with Crippen LogP contribution < -0.4 is 15.5 Å². The van der Waals surface area contributed by atoms with Crippen molar-refractivity contribution in [2.75, 3.05) is 15.5 Å². The summed E-state index contributed by atoms with van der Waals surface area (Å²) >= 11 is 0. The summed E-state index contributed by atoms with van der Waals surface area (Å²) in [5.41, 5.74) is -2.13. The summed E-state index contributed by atoms with van der Waals surface area (Å²) in [5, 5.41) is 9.51. The van der Waals surface area contributed by atoms with Gasteiger partial charge in [0, 0.05) is 29.3 Å². The number of nitrogens with one attached hydrogen (secondary N) is 2. The molecule has 1 aromatic carbocycles. The summed E-state index contributed by atoms with van der Waals surface area (Å²) in [4.78, 5) is 50.1. The number of hydrogen-bond donors (Lipinski definition) is 2. The van der Waals surface area contributed by atoms with Gasteiger partial charge in [0.05, 0.1) is 17.3 Å². The Balaban J connectivity index is 1.26. The van der Waals surface area contributed by atoms with E-state index in [1.807, 2.05) is 10.8 Å². The molecule has 7 rings (SSSR count). The lowest BCUT2D eigenvalue weighted by atomic mass is 10.0. The van der Waals surface area contributed by atoms with Crippen LogP contribution in [0.2, 0.25) is 0 Å². The highest BCUT2D eigenvalue weighted by Crippen LogP contribution is 2.58. The minimum absolute atomic E-state index is 0.0500. The lowest BCUT2D eigenvalue weighted by Gasteiger charge is -2.28. The number of nitrogens with zero attached hydrogens (tertiary/aromatic N) is 5. The predicted molar refractivity (Wildman–Crippen MR) is 182 cm³/mol. The highest BCUT2D eigenvalue weighted by molar-refractivity contribution is 6.18. The van der Waals surface area contributed by atoms with E-state index in [-0.39, 0.29) is 47.5 Å². The van der Waals surface area contributed by atoms with Gasteiger partial charge in [-0.05, 0) is 84.9 Å². The Kier molecular flexibility index (Phi) is 8.03. The summed E-state index contributed by atoms with van der Waals surface area (Å²) in [6.07, 6.45) is -0.317. The standard InChI is InChI=1S/C35H36F3N7O7/c1-32(2,3)50-30(47)45(31(48)51-33(4,5)6)28-25-21(16-44(18-7-8-18)27(25)39-17-40-28)19-9-10-22(26-20(19)11-14-49-26)41-29(46)42-24-15-23(43-52-24)34(12-13-34)35(36,37)38/h9-11,14-18H,7-8,12-13H2,1-6H3,(H2,41,42,46).